The van der Waals surface area contributed by atoms with Crippen molar-refractivity contribution in [2.45, 2.75) is 6.92 Å². The molecule has 1 aromatic carbocycles. The molecule has 7 heteroatoms. The normalized spacial score (nSPS) is 15.3. The van der Waals surface area contributed by atoms with Crippen molar-refractivity contribution in [2.75, 3.05) is 6.61 Å². The fourth-order valence-corrected chi connectivity index (χ4v) is 3.64. The zero-order valence-corrected chi connectivity index (χ0v) is 14.7. The van der Waals surface area contributed by atoms with Gasteiger partial charge in [0.15, 0.2) is 0 Å². The van der Waals surface area contributed by atoms with E-state index in [2.05, 4.69) is 15.5 Å². The molecule has 1 aliphatic rings. The first-order valence-corrected chi connectivity index (χ1v) is 8.98. The summed E-state index contributed by atoms with van der Waals surface area (Å²) >= 11 is 1.49. The van der Waals surface area contributed by atoms with Crippen LogP contribution in [0.5, 0.6) is 0 Å². The molecular formula is C19H15N3O3S. The van der Waals surface area contributed by atoms with Gasteiger partial charge in [-0.05, 0) is 30.5 Å². The molecule has 0 bridgehead atoms. The summed E-state index contributed by atoms with van der Waals surface area (Å²) in [6, 6.07) is 11.3. The van der Waals surface area contributed by atoms with Crippen molar-refractivity contribution < 1.29 is 14.3 Å². The van der Waals surface area contributed by atoms with E-state index in [0.29, 0.717) is 22.5 Å². The highest BCUT2D eigenvalue weighted by Crippen LogP contribution is 2.27. The van der Waals surface area contributed by atoms with Crippen LogP contribution in [0.3, 0.4) is 0 Å². The van der Waals surface area contributed by atoms with Crippen molar-refractivity contribution in [1.82, 2.24) is 10.4 Å². The van der Waals surface area contributed by atoms with Gasteiger partial charge >= 0.3 is 5.97 Å². The van der Waals surface area contributed by atoms with Gasteiger partial charge in [0.2, 0.25) is 0 Å². The molecule has 0 saturated carbocycles. The van der Waals surface area contributed by atoms with Gasteiger partial charge in [-0.25, -0.2) is 10.2 Å². The lowest BCUT2D eigenvalue weighted by atomic mass is 10.1. The Labute approximate surface area is 153 Å². The first kappa shape index (κ1) is 16.3. The fraction of sp³-hybridized carbons (Fsp3) is 0.105. The number of carbonyl (C=O) groups is 2. The summed E-state index contributed by atoms with van der Waals surface area (Å²) in [5.41, 5.74) is 5.22. The second kappa shape index (κ2) is 6.61. The minimum Gasteiger partial charge on any atom is -0.462 e. The first-order valence-electron chi connectivity index (χ1n) is 8.11. The monoisotopic (exact) mass is 365 g/mol. The molecule has 4 rings (SSSR count). The zero-order valence-electron chi connectivity index (χ0n) is 13.9. The number of hydrazone groups is 1. The van der Waals surface area contributed by atoms with E-state index in [1.54, 1.807) is 13.0 Å². The number of rotatable bonds is 4. The van der Waals surface area contributed by atoms with Crippen LogP contribution < -0.4 is 5.43 Å². The number of thiophene rings is 1. The van der Waals surface area contributed by atoms with E-state index in [4.69, 9.17) is 4.74 Å². The highest BCUT2D eigenvalue weighted by atomic mass is 32.1. The number of nitrogens with zero attached hydrogens (tertiary/aromatic N) is 1. The number of para-hydroxylation sites is 1. The van der Waals surface area contributed by atoms with Gasteiger partial charge in [-0.3, -0.25) is 4.79 Å². The van der Waals surface area contributed by atoms with E-state index in [1.807, 2.05) is 41.8 Å². The summed E-state index contributed by atoms with van der Waals surface area (Å²) in [4.78, 5) is 28.9. The summed E-state index contributed by atoms with van der Waals surface area (Å²) < 4.78 is 5.21. The molecule has 6 nitrogen and oxygen atoms in total. The topological polar surface area (TPSA) is 83.6 Å². The molecule has 0 unspecified atom stereocenters. The number of carbonyl (C=O) groups excluding carboxylic acids is 2. The molecule has 2 aromatic heterocycles. The van der Waals surface area contributed by atoms with Gasteiger partial charge in [0.1, 0.15) is 5.71 Å². The van der Waals surface area contributed by atoms with E-state index < -0.39 is 5.97 Å². The van der Waals surface area contributed by atoms with Crippen LogP contribution in [-0.4, -0.2) is 29.2 Å². The smallest absolute Gasteiger partial charge is 0.340 e. The van der Waals surface area contributed by atoms with Crippen molar-refractivity contribution in [3.05, 3.63) is 63.5 Å². The Balaban J connectivity index is 1.87. The maximum atomic E-state index is 12.5. The van der Waals surface area contributed by atoms with Crippen LogP contribution in [0.25, 0.3) is 17.0 Å². The molecule has 0 fully saturated rings. The van der Waals surface area contributed by atoms with Crippen molar-refractivity contribution in [3.63, 3.8) is 0 Å². The number of esters is 1. The second-order valence-corrected chi connectivity index (χ2v) is 6.56. The third kappa shape index (κ3) is 2.72. The maximum Gasteiger partial charge on any atom is 0.340 e. The molecule has 26 heavy (non-hydrogen) atoms. The Hall–Kier alpha value is -3.19. The van der Waals surface area contributed by atoms with Gasteiger partial charge in [0.05, 0.1) is 28.3 Å². The molecule has 0 spiro atoms. The number of benzene rings is 1. The molecule has 1 amide bonds. The van der Waals surface area contributed by atoms with Crippen LogP contribution >= 0.6 is 11.3 Å². The van der Waals surface area contributed by atoms with Crippen molar-refractivity contribution in [3.8, 4) is 0 Å². The highest BCUT2D eigenvalue weighted by Gasteiger charge is 2.27. The number of nitrogens with one attached hydrogen (secondary N) is 2. The summed E-state index contributed by atoms with van der Waals surface area (Å²) in [5, 5.41) is 6.81. The molecule has 3 heterocycles. The van der Waals surface area contributed by atoms with Gasteiger partial charge in [-0.15, -0.1) is 11.3 Å². The van der Waals surface area contributed by atoms with Crippen molar-refractivity contribution >= 4 is 45.9 Å². The van der Waals surface area contributed by atoms with E-state index >= 15 is 0 Å². The lowest BCUT2D eigenvalue weighted by molar-refractivity contribution is -0.116. The number of amides is 1. The van der Waals surface area contributed by atoms with Crippen molar-refractivity contribution in [2.24, 2.45) is 5.10 Å². The molecule has 2 N–H and O–H groups in total. The average molecular weight is 365 g/mol. The minimum absolute atomic E-state index is 0.275. The molecule has 0 radical (unpaired) electrons. The van der Waals surface area contributed by atoms with E-state index in [9.17, 15) is 9.59 Å². The van der Waals surface area contributed by atoms with E-state index in [1.165, 1.54) is 11.3 Å². The minimum atomic E-state index is -0.426. The van der Waals surface area contributed by atoms with Gasteiger partial charge in [-0.2, -0.15) is 5.10 Å². The van der Waals surface area contributed by atoms with Crippen LogP contribution in [-0.2, 0) is 9.53 Å². The first-order chi connectivity index (χ1) is 12.7. The Kier molecular flexibility index (Phi) is 4.14. The van der Waals surface area contributed by atoms with Gasteiger partial charge in [-0.1, -0.05) is 24.3 Å². The average Bonchev–Trinajstić information content (AvgIpc) is 3.35. The Morgan fingerprint density at radius 1 is 1.27 bits per heavy atom. The fourth-order valence-electron chi connectivity index (χ4n) is 2.91. The predicted molar refractivity (Wildman–Crippen MR) is 101 cm³/mol. The standard InChI is InChI=1S/C19H15N3O3S/c1-2-25-19(24)16-11-6-3-4-7-13(11)20-14(16)10-12-17(21-22-18(12)23)15-8-5-9-26-15/h3-10,20H,2H2,1H3,(H,22,23)/b12-10-. The molecule has 1 aliphatic heterocycles. The van der Waals surface area contributed by atoms with Crippen molar-refractivity contribution in [1.29, 1.82) is 0 Å². The Morgan fingerprint density at radius 2 is 2.12 bits per heavy atom. The number of fused-ring (bicyclic) bond motifs is 1. The maximum absolute atomic E-state index is 12.5. The third-order valence-corrected chi connectivity index (χ3v) is 4.90. The lowest BCUT2D eigenvalue weighted by Crippen LogP contribution is -2.14. The van der Waals surface area contributed by atoms with Gasteiger partial charge in [0, 0.05) is 10.9 Å². The Morgan fingerprint density at radius 3 is 2.88 bits per heavy atom. The number of H-pyrrole nitrogens is 1. The van der Waals surface area contributed by atoms with Crippen LogP contribution in [0.1, 0.15) is 27.9 Å². The van der Waals surface area contributed by atoms with Crippen LogP contribution in [0.4, 0.5) is 0 Å². The second-order valence-electron chi connectivity index (χ2n) is 5.62. The molecule has 3 aromatic rings. The summed E-state index contributed by atoms with van der Waals surface area (Å²) in [7, 11) is 0. The largest absolute Gasteiger partial charge is 0.462 e. The number of ether oxygens (including phenoxy) is 1. The quantitative estimate of drug-likeness (QED) is 0.549. The SMILES string of the molecule is CCOC(=O)c1c(/C=C2\C(=O)NN=C2c2cccs2)[nH]c2ccccc12. The van der Waals surface area contributed by atoms with E-state index in [0.717, 1.165) is 15.8 Å². The molecule has 0 atom stereocenters. The highest BCUT2D eigenvalue weighted by molar-refractivity contribution is 7.12. The van der Waals surface area contributed by atoms with Crippen LogP contribution in [0.15, 0.2) is 52.5 Å². The molecular weight excluding hydrogens is 350 g/mol. The summed E-state index contributed by atoms with van der Waals surface area (Å²) in [6.07, 6.45) is 1.66. The zero-order chi connectivity index (χ0) is 18.1. The Bertz CT molecular complexity index is 1060. The number of hydrogen-bond donors (Lipinski definition) is 2. The van der Waals surface area contributed by atoms with Gasteiger partial charge in [0.25, 0.3) is 5.91 Å². The molecule has 130 valence electrons. The van der Waals surface area contributed by atoms with E-state index in [-0.39, 0.29) is 12.5 Å². The van der Waals surface area contributed by atoms with Crippen LogP contribution in [0, 0.1) is 0 Å². The summed E-state index contributed by atoms with van der Waals surface area (Å²) in [6.45, 7) is 2.04. The number of hydrogen-bond acceptors (Lipinski definition) is 5. The third-order valence-electron chi connectivity index (χ3n) is 4.03. The number of aromatic amines is 1. The number of aromatic nitrogens is 1. The van der Waals surface area contributed by atoms with Crippen LogP contribution in [0.2, 0.25) is 0 Å². The molecule has 0 aliphatic carbocycles. The summed E-state index contributed by atoms with van der Waals surface area (Å²) in [5.74, 6) is -0.730. The lowest BCUT2D eigenvalue weighted by Gasteiger charge is -2.03. The predicted octanol–water partition coefficient (Wildman–Crippen LogP) is 3.32. The molecule has 0 saturated heterocycles. The van der Waals surface area contributed by atoms with Gasteiger partial charge < -0.3 is 9.72 Å².